The SMILES string of the molecule is CCC(c1ccccc1)C(O)c1cc(C)c(Br)s1. The first-order chi connectivity index (χ1) is 8.63. The van der Waals surface area contributed by atoms with Gasteiger partial charge in [0, 0.05) is 10.8 Å². The quantitative estimate of drug-likeness (QED) is 0.834. The third-order valence-corrected chi connectivity index (χ3v) is 5.42. The van der Waals surface area contributed by atoms with E-state index in [0.29, 0.717) is 0 Å². The number of rotatable bonds is 4. The van der Waals surface area contributed by atoms with Gasteiger partial charge in [-0.3, -0.25) is 0 Å². The Morgan fingerprint density at radius 2 is 1.94 bits per heavy atom. The Hall–Kier alpha value is -0.640. The third-order valence-electron chi connectivity index (χ3n) is 3.22. The Morgan fingerprint density at radius 1 is 1.28 bits per heavy atom. The highest BCUT2D eigenvalue weighted by Crippen LogP contribution is 2.39. The summed E-state index contributed by atoms with van der Waals surface area (Å²) in [5.74, 6) is 0.163. The molecule has 0 bridgehead atoms. The van der Waals surface area contributed by atoms with E-state index in [9.17, 15) is 5.11 Å². The van der Waals surface area contributed by atoms with Gasteiger partial charge in [0.1, 0.15) is 0 Å². The van der Waals surface area contributed by atoms with Crippen LogP contribution in [-0.2, 0) is 0 Å². The van der Waals surface area contributed by atoms with Crippen molar-refractivity contribution in [1.82, 2.24) is 0 Å². The van der Waals surface area contributed by atoms with E-state index in [-0.39, 0.29) is 5.92 Å². The molecule has 18 heavy (non-hydrogen) atoms. The molecule has 0 aliphatic carbocycles. The fourth-order valence-corrected chi connectivity index (χ4v) is 3.79. The lowest BCUT2D eigenvalue weighted by atomic mass is 9.90. The van der Waals surface area contributed by atoms with Crippen molar-refractivity contribution in [2.75, 3.05) is 0 Å². The second kappa shape index (κ2) is 6.00. The highest BCUT2D eigenvalue weighted by Gasteiger charge is 2.23. The second-order valence-electron chi connectivity index (χ2n) is 4.48. The smallest absolute Gasteiger partial charge is 0.0950 e. The lowest BCUT2D eigenvalue weighted by molar-refractivity contribution is 0.146. The van der Waals surface area contributed by atoms with E-state index in [1.54, 1.807) is 11.3 Å². The van der Waals surface area contributed by atoms with Gasteiger partial charge in [0.05, 0.1) is 9.89 Å². The molecule has 1 N–H and O–H groups in total. The van der Waals surface area contributed by atoms with Crippen molar-refractivity contribution < 1.29 is 5.11 Å². The molecule has 1 nitrogen and oxygen atoms in total. The molecular weight excluding hydrogens is 308 g/mol. The topological polar surface area (TPSA) is 20.2 Å². The maximum Gasteiger partial charge on any atom is 0.0950 e. The summed E-state index contributed by atoms with van der Waals surface area (Å²) in [5.41, 5.74) is 2.40. The van der Waals surface area contributed by atoms with Gasteiger partial charge in [0.15, 0.2) is 0 Å². The molecule has 2 rings (SSSR count). The van der Waals surface area contributed by atoms with E-state index >= 15 is 0 Å². The number of aliphatic hydroxyl groups is 1. The summed E-state index contributed by atoms with van der Waals surface area (Å²) in [4.78, 5) is 1.04. The van der Waals surface area contributed by atoms with Gasteiger partial charge in [-0.2, -0.15) is 0 Å². The van der Waals surface area contributed by atoms with Gasteiger partial charge in [-0.15, -0.1) is 11.3 Å². The average Bonchev–Trinajstić information content (AvgIpc) is 2.72. The zero-order chi connectivity index (χ0) is 13.1. The molecule has 1 aromatic carbocycles. The zero-order valence-corrected chi connectivity index (χ0v) is 13.0. The number of benzene rings is 1. The number of aliphatic hydroxyl groups excluding tert-OH is 1. The number of aryl methyl sites for hydroxylation is 1. The molecule has 0 aliphatic heterocycles. The van der Waals surface area contributed by atoms with Crippen LogP contribution in [0, 0.1) is 6.92 Å². The highest BCUT2D eigenvalue weighted by atomic mass is 79.9. The molecule has 2 unspecified atom stereocenters. The Bertz CT molecular complexity index is 487. The molecule has 2 atom stereocenters. The van der Waals surface area contributed by atoms with Crippen molar-refractivity contribution in [1.29, 1.82) is 0 Å². The molecule has 0 spiro atoms. The number of halogens is 1. The fourth-order valence-electron chi connectivity index (χ4n) is 2.17. The monoisotopic (exact) mass is 324 g/mol. The van der Waals surface area contributed by atoms with Crippen molar-refractivity contribution in [3.05, 3.63) is 56.2 Å². The van der Waals surface area contributed by atoms with Gasteiger partial charge < -0.3 is 5.11 Å². The molecule has 0 saturated carbocycles. The molecule has 1 aromatic heterocycles. The minimum absolute atomic E-state index is 0.163. The molecule has 96 valence electrons. The second-order valence-corrected chi connectivity index (χ2v) is 6.88. The van der Waals surface area contributed by atoms with Crippen LogP contribution >= 0.6 is 27.3 Å². The van der Waals surface area contributed by atoms with Gasteiger partial charge in [-0.05, 0) is 46.5 Å². The molecule has 0 aliphatic rings. The van der Waals surface area contributed by atoms with Crippen LogP contribution < -0.4 is 0 Å². The first kappa shape index (κ1) is 13.8. The van der Waals surface area contributed by atoms with Crippen molar-refractivity contribution in [2.24, 2.45) is 0 Å². The normalized spacial score (nSPS) is 14.4. The molecule has 0 fully saturated rings. The van der Waals surface area contributed by atoms with Gasteiger partial charge in [-0.25, -0.2) is 0 Å². The zero-order valence-electron chi connectivity index (χ0n) is 10.6. The Balaban J connectivity index is 2.28. The van der Waals surface area contributed by atoms with Crippen LogP contribution in [0.25, 0.3) is 0 Å². The summed E-state index contributed by atoms with van der Waals surface area (Å²) in [6, 6.07) is 12.3. The first-order valence-corrected chi connectivity index (χ1v) is 7.73. The molecule has 1 heterocycles. The average molecular weight is 325 g/mol. The summed E-state index contributed by atoms with van der Waals surface area (Å²) in [5, 5.41) is 10.6. The van der Waals surface area contributed by atoms with E-state index in [4.69, 9.17) is 0 Å². The molecule has 2 aromatic rings. The number of hydrogen-bond donors (Lipinski definition) is 1. The maximum atomic E-state index is 10.6. The standard InChI is InChI=1S/C15H17BrOS/c1-3-12(11-7-5-4-6-8-11)14(17)13-9-10(2)15(16)18-13/h4-9,12,14,17H,3H2,1-2H3. The summed E-state index contributed by atoms with van der Waals surface area (Å²) in [7, 11) is 0. The van der Waals surface area contributed by atoms with Gasteiger partial charge in [0.2, 0.25) is 0 Å². The van der Waals surface area contributed by atoms with Crippen LogP contribution in [0.15, 0.2) is 40.2 Å². The summed E-state index contributed by atoms with van der Waals surface area (Å²) in [6.07, 6.45) is 0.507. The van der Waals surface area contributed by atoms with Crippen LogP contribution in [0.1, 0.15) is 41.4 Å². The fraction of sp³-hybridized carbons (Fsp3) is 0.333. The summed E-state index contributed by atoms with van der Waals surface area (Å²) >= 11 is 5.15. The largest absolute Gasteiger partial charge is 0.387 e. The van der Waals surface area contributed by atoms with Crippen LogP contribution in [0.3, 0.4) is 0 Å². The Labute approximate surface area is 121 Å². The van der Waals surface area contributed by atoms with Gasteiger partial charge in [0.25, 0.3) is 0 Å². The van der Waals surface area contributed by atoms with E-state index in [1.807, 2.05) is 18.2 Å². The predicted octanol–water partition coefficient (Wildman–Crippen LogP) is 5.05. The molecular formula is C15H17BrOS. The Kier molecular flexibility index (Phi) is 4.60. The van der Waals surface area contributed by atoms with Crippen molar-refractivity contribution >= 4 is 27.3 Å². The number of thiophene rings is 1. The summed E-state index contributed by atoms with van der Waals surface area (Å²) in [6.45, 7) is 4.18. The molecule has 0 radical (unpaired) electrons. The van der Waals surface area contributed by atoms with E-state index in [1.165, 1.54) is 11.1 Å². The molecule has 0 saturated heterocycles. The van der Waals surface area contributed by atoms with E-state index in [0.717, 1.165) is 15.1 Å². The molecule has 3 heteroatoms. The van der Waals surface area contributed by atoms with Gasteiger partial charge in [-0.1, -0.05) is 37.3 Å². The van der Waals surface area contributed by atoms with Crippen molar-refractivity contribution in [3.63, 3.8) is 0 Å². The minimum Gasteiger partial charge on any atom is -0.387 e. The number of hydrogen-bond acceptors (Lipinski definition) is 2. The highest BCUT2D eigenvalue weighted by molar-refractivity contribution is 9.11. The Morgan fingerprint density at radius 3 is 2.44 bits per heavy atom. The van der Waals surface area contributed by atoms with Crippen LogP contribution in [0.4, 0.5) is 0 Å². The lowest BCUT2D eigenvalue weighted by Crippen LogP contribution is -2.08. The minimum atomic E-state index is -0.424. The third kappa shape index (κ3) is 2.85. The van der Waals surface area contributed by atoms with Crippen molar-refractivity contribution in [2.45, 2.75) is 32.3 Å². The van der Waals surface area contributed by atoms with Crippen LogP contribution in [0.2, 0.25) is 0 Å². The molecule has 0 amide bonds. The lowest BCUT2D eigenvalue weighted by Gasteiger charge is -2.21. The van der Waals surface area contributed by atoms with E-state index in [2.05, 4.69) is 48.0 Å². The van der Waals surface area contributed by atoms with Crippen molar-refractivity contribution in [3.8, 4) is 0 Å². The van der Waals surface area contributed by atoms with E-state index < -0.39 is 6.10 Å². The summed E-state index contributed by atoms with van der Waals surface area (Å²) < 4.78 is 1.11. The predicted molar refractivity (Wildman–Crippen MR) is 81.2 cm³/mol. The maximum absolute atomic E-state index is 10.6. The first-order valence-electron chi connectivity index (χ1n) is 6.12. The van der Waals surface area contributed by atoms with Gasteiger partial charge >= 0.3 is 0 Å². The van der Waals surface area contributed by atoms with Crippen LogP contribution in [0.5, 0.6) is 0 Å². The van der Waals surface area contributed by atoms with Crippen LogP contribution in [-0.4, -0.2) is 5.11 Å².